The molecule has 0 saturated carbocycles. The predicted molar refractivity (Wildman–Crippen MR) is 142 cm³/mol. The number of nitrogens with zero attached hydrogens (tertiary/aromatic N) is 1. The van der Waals surface area contributed by atoms with Gasteiger partial charge in [-0.05, 0) is 36.8 Å². The van der Waals surface area contributed by atoms with Gasteiger partial charge in [-0.15, -0.1) is 0 Å². The molecule has 8 heteroatoms. The van der Waals surface area contributed by atoms with Gasteiger partial charge in [0.15, 0.2) is 6.23 Å². The van der Waals surface area contributed by atoms with Gasteiger partial charge in [-0.1, -0.05) is 96.6 Å². The highest BCUT2D eigenvalue weighted by Gasteiger charge is 2.58. The second-order valence-corrected chi connectivity index (χ2v) is 10.9. The average molecular weight is 527 g/mol. The summed E-state index contributed by atoms with van der Waals surface area (Å²) in [6.07, 6.45) is -1.37. The Morgan fingerprint density at radius 1 is 0.842 bits per heavy atom. The van der Waals surface area contributed by atoms with E-state index in [9.17, 15) is 18.0 Å². The second kappa shape index (κ2) is 10.2. The molecule has 1 saturated heterocycles. The lowest BCUT2D eigenvalue weighted by atomic mass is 10.0. The fraction of sp³-hybridized carbons (Fsp3) is 0.133. The van der Waals surface area contributed by atoms with Gasteiger partial charge in [-0.2, -0.15) is 4.31 Å². The number of amides is 2. The summed E-state index contributed by atoms with van der Waals surface area (Å²) in [6.45, 7) is 1.84. The Morgan fingerprint density at radius 3 is 2.00 bits per heavy atom. The molecule has 0 aliphatic carbocycles. The predicted octanol–water partition coefficient (Wildman–Crippen LogP) is 4.61. The van der Waals surface area contributed by atoms with Crippen molar-refractivity contribution in [1.29, 1.82) is 0 Å². The fourth-order valence-corrected chi connectivity index (χ4v) is 5.92. The van der Waals surface area contributed by atoms with Crippen molar-refractivity contribution in [2.45, 2.75) is 30.2 Å². The zero-order valence-corrected chi connectivity index (χ0v) is 21.5. The van der Waals surface area contributed by atoms with Crippen molar-refractivity contribution in [3.05, 3.63) is 138 Å². The van der Waals surface area contributed by atoms with Gasteiger partial charge in [0, 0.05) is 17.5 Å². The zero-order chi connectivity index (χ0) is 26.8. The Hall–Kier alpha value is -4.27. The zero-order valence-electron chi connectivity index (χ0n) is 20.7. The maximum absolute atomic E-state index is 14.3. The largest absolute Gasteiger partial charge is 0.317 e. The fourth-order valence-electron chi connectivity index (χ4n) is 4.43. The highest BCUT2D eigenvalue weighted by molar-refractivity contribution is 7.89. The summed E-state index contributed by atoms with van der Waals surface area (Å²) in [5.74, 6) is -1.43. The minimum atomic E-state index is -4.36. The average Bonchev–Trinajstić information content (AvgIpc) is 3.22. The third kappa shape index (κ3) is 4.83. The lowest BCUT2D eigenvalue weighted by Crippen LogP contribution is -2.57. The topological polar surface area (TPSA) is 92.8 Å². The molecule has 0 bridgehead atoms. The minimum absolute atomic E-state index is 0.0501. The van der Waals surface area contributed by atoms with Gasteiger partial charge in [0.1, 0.15) is 0 Å². The van der Waals surface area contributed by atoms with E-state index >= 15 is 0 Å². The van der Waals surface area contributed by atoms with Crippen LogP contribution in [-0.4, -0.2) is 30.3 Å². The molecule has 5 rings (SSSR count). The molecule has 4 aromatic carbocycles. The van der Waals surface area contributed by atoms with Crippen molar-refractivity contribution in [1.82, 2.24) is 9.62 Å². The molecule has 38 heavy (non-hydrogen) atoms. The van der Waals surface area contributed by atoms with E-state index in [1.807, 2.05) is 13.0 Å². The van der Waals surface area contributed by atoms with Crippen molar-refractivity contribution in [3.63, 3.8) is 0 Å². The Labute approximate surface area is 221 Å². The highest BCUT2D eigenvalue weighted by Crippen LogP contribution is 2.41. The van der Waals surface area contributed by atoms with E-state index in [2.05, 4.69) is 5.32 Å². The SMILES string of the molecule is Cc1ccc(S(=O)(=O)N2C(=O)C(Cc3ccccc3)(NC(=O)c3ccccc3)OC2c2ccccc2)cc1. The minimum Gasteiger partial charge on any atom is -0.317 e. The Morgan fingerprint density at radius 2 is 1.39 bits per heavy atom. The smallest absolute Gasteiger partial charge is 0.292 e. The summed E-state index contributed by atoms with van der Waals surface area (Å²) >= 11 is 0. The van der Waals surface area contributed by atoms with Crippen LogP contribution in [0.5, 0.6) is 0 Å². The van der Waals surface area contributed by atoms with Gasteiger partial charge in [0.2, 0.25) is 5.72 Å². The van der Waals surface area contributed by atoms with E-state index in [4.69, 9.17) is 4.74 Å². The maximum Gasteiger partial charge on any atom is 0.292 e. The molecule has 0 spiro atoms. The van der Waals surface area contributed by atoms with Gasteiger partial charge in [-0.25, -0.2) is 8.42 Å². The third-order valence-corrected chi connectivity index (χ3v) is 8.12. The molecule has 0 radical (unpaired) electrons. The van der Waals surface area contributed by atoms with Crippen molar-refractivity contribution >= 4 is 21.8 Å². The summed E-state index contributed by atoms with van der Waals surface area (Å²) in [5.41, 5.74) is 0.358. The highest BCUT2D eigenvalue weighted by atomic mass is 32.2. The van der Waals surface area contributed by atoms with E-state index in [0.717, 1.165) is 9.87 Å². The summed E-state index contributed by atoms with van der Waals surface area (Å²) in [4.78, 5) is 27.6. The number of carbonyl (C=O) groups is 2. The normalized spacial score (nSPS) is 19.3. The van der Waals surface area contributed by atoms with Gasteiger partial charge in [-0.3, -0.25) is 9.59 Å². The van der Waals surface area contributed by atoms with Gasteiger partial charge < -0.3 is 10.1 Å². The molecular formula is C30H26N2O5S. The van der Waals surface area contributed by atoms with Crippen LogP contribution in [-0.2, 0) is 26.0 Å². The van der Waals surface area contributed by atoms with E-state index in [-0.39, 0.29) is 11.3 Å². The molecule has 2 atom stereocenters. The number of carbonyl (C=O) groups excluding carboxylic acids is 2. The molecule has 192 valence electrons. The van der Waals surface area contributed by atoms with Crippen molar-refractivity contribution < 1.29 is 22.7 Å². The van der Waals surface area contributed by atoms with Crippen LogP contribution in [0.15, 0.2) is 120 Å². The van der Waals surface area contributed by atoms with E-state index in [1.165, 1.54) is 12.1 Å². The van der Waals surface area contributed by atoms with Gasteiger partial charge >= 0.3 is 0 Å². The van der Waals surface area contributed by atoms with Crippen LogP contribution in [0.2, 0.25) is 0 Å². The van der Waals surface area contributed by atoms with E-state index < -0.39 is 33.8 Å². The Balaban J connectivity index is 1.64. The molecule has 1 aliphatic rings. The van der Waals surface area contributed by atoms with Gasteiger partial charge in [0.25, 0.3) is 21.8 Å². The molecule has 2 unspecified atom stereocenters. The van der Waals surface area contributed by atoms with Crippen molar-refractivity contribution in [2.24, 2.45) is 0 Å². The van der Waals surface area contributed by atoms with Crippen LogP contribution in [0, 0.1) is 6.92 Å². The number of aryl methyl sites for hydroxylation is 1. The summed E-state index contributed by atoms with van der Waals surface area (Å²) in [7, 11) is -4.36. The third-order valence-electron chi connectivity index (χ3n) is 6.38. The molecule has 7 nitrogen and oxygen atoms in total. The molecule has 1 aliphatic heterocycles. The van der Waals surface area contributed by atoms with Crippen LogP contribution in [0.4, 0.5) is 0 Å². The van der Waals surface area contributed by atoms with Crippen molar-refractivity contribution in [2.75, 3.05) is 0 Å². The molecule has 1 N–H and O–H groups in total. The van der Waals surface area contributed by atoms with E-state index in [1.54, 1.807) is 97.1 Å². The first-order chi connectivity index (χ1) is 18.3. The Kier molecular flexibility index (Phi) is 6.84. The number of hydrogen-bond donors (Lipinski definition) is 1. The van der Waals surface area contributed by atoms with Gasteiger partial charge in [0.05, 0.1) is 4.90 Å². The number of nitrogens with one attached hydrogen (secondary N) is 1. The first-order valence-corrected chi connectivity index (χ1v) is 13.5. The van der Waals surface area contributed by atoms with E-state index in [0.29, 0.717) is 16.7 Å². The molecular weight excluding hydrogens is 500 g/mol. The van der Waals surface area contributed by atoms with Crippen LogP contribution in [0.3, 0.4) is 0 Å². The first kappa shape index (κ1) is 25.4. The number of hydrogen-bond acceptors (Lipinski definition) is 5. The second-order valence-electron chi connectivity index (χ2n) is 9.11. The number of sulfonamides is 1. The Bertz CT molecular complexity index is 1540. The lowest BCUT2D eigenvalue weighted by Gasteiger charge is -2.27. The monoisotopic (exact) mass is 526 g/mol. The van der Waals surface area contributed by atoms with Crippen molar-refractivity contribution in [3.8, 4) is 0 Å². The number of ether oxygens (including phenoxy) is 1. The number of rotatable bonds is 7. The quantitative estimate of drug-likeness (QED) is 0.380. The first-order valence-electron chi connectivity index (χ1n) is 12.1. The summed E-state index contributed by atoms with van der Waals surface area (Å²) < 4.78 is 35.0. The summed E-state index contributed by atoms with van der Waals surface area (Å²) in [6, 6.07) is 32.3. The molecule has 1 heterocycles. The molecule has 0 aromatic heterocycles. The van der Waals surface area contributed by atoms with Crippen LogP contribution < -0.4 is 5.32 Å². The maximum atomic E-state index is 14.3. The standard InChI is InChI=1S/C30H26N2O5S/c1-22-17-19-26(20-18-22)38(35,36)32-28(25-15-9-4-10-16-25)37-30(29(32)34,21-23-11-5-2-6-12-23)31-27(33)24-13-7-3-8-14-24/h2-20,28H,21H2,1H3,(H,31,33). The van der Waals surface area contributed by atoms with Crippen LogP contribution >= 0.6 is 0 Å². The van der Waals surface area contributed by atoms with Crippen LogP contribution in [0.25, 0.3) is 0 Å². The lowest BCUT2D eigenvalue weighted by molar-refractivity contribution is -0.138. The molecule has 1 fully saturated rings. The number of benzene rings is 4. The van der Waals surface area contributed by atoms with Crippen LogP contribution in [0.1, 0.15) is 33.3 Å². The molecule has 4 aromatic rings. The molecule has 2 amide bonds. The summed E-state index contributed by atoms with van der Waals surface area (Å²) in [5, 5.41) is 2.75.